The molecule has 0 fully saturated rings. The van der Waals surface area contributed by atoms with Crippen molar-refractivity contribution < 1.29 is 9.59 Å². The van der Waals surface area contributed by atoms with E-state index in [-0.39, 0.29) is 11.8 Å². The van der Waals surface area contributed by atoms with Gasteiger partial charge in [-0.15, -0.1) is 0 Å². The van der Waals surface area contributed by atoms with Crippen molar-refractivity contribution in [3.8, 4) is 0 Å². The number of hydrogen-bond donors (Lipinski definition) is 2. The molecule has 0 aliphatic rings. The summed E-state index contributed by atoms with van der Waals surface area (Å²) in [5.41, 5.74) is 1.72. The topological polar surface area (TPSA) is 76.0 Å². The number of amides is 2. The molecule has 0 unspecified atom stereocenters. The first-order valence-electron chi connectivity index (χ1n) is 6.81. The third kappa shape index (κ3) is 4.17. The molecule has 1 aromatic carbocycles. The smallest absolute Gasteiger partial charge is 0.276 e. The second-order valence-electron chi connectivity index (χ2n) is 4.68. The van der Waals surface area contributed by atoms with Gasteiger partial charge in [-0.05, 0) is 36.8 Å². The van der Waals surface area contributed by atoms with Crippen molar-refractivity contribution in [1.29, 1.82) is 0 Å². The molecule has 0 spiro atoms. The van der Waals surface area contributed by atoms with Crippen LogP contribution in [0.4, 0.5) is 11.4 Å². The second kappa shape index (κ2) is 6.69. The molecule has 2 amide bonds. The van der Waals surface area contributed by atoms with E-state index in [9.17, 15) is 9.59 Å². The molecule has 0 aliphatic heterocycles. The van der Waals surface area contributed by atoms with Crippen molar-refractivity contribution in [2.24, 2.45) is 0 Å². The molecular formula is C15H18N4O2. The number of hydrogen-bond acceptors (Lipinski definition) is 3. The van der Waals surface area contributed by atoms with Crippen LogP contribution in [0, 0.1) is 0 Å². The van der Waals surface area contributed by atoms with Gasteiger partial charge in [-0.3, -0.25) is 14.3 Å². The fraction of sp³-hybridized carbons (Fsp3) is 0.267. The quantitative estimate of drug-likeness (QED) is 0.886. The molecule has 1 heterocycles. The zero-order chi connectivity index (χ0) is 15.2. The first kappa shape index (κ1) is 14.8. The van der Waals surface area contributed by atoms with Crippen LogP contribution in [0.3, 0.4) is 0 Å². The van der Waals surface area contributed by atoms with E-state index in [0.717, 1.165) is 13.0 Å². The van der Waals surface area contributed by atoms with Crippen LogP contribution >= 0.6 is 0 Å². The Morgan fingerprint density at radius 3 is 2.29 bits per heavy atom. The normalized spacial score (nSPS) is 10.2. The third-order valence-electron chi connectivity index (χ3n) is 2.79. The summed E-state index contributed by atoms with van der Waals surface area (Å²) >= 11 is 0. The Morgan fingerprint density at radius 1 is 1.10 bits per heavy atom. The monoisotopic (exact) mass is 286 g/mol. The molecule has 21 heavy (non-hydrogen) atoms. The maximum atomic E-state index is 12.0. The van der Waals surface area contributed by atoms with Gasteiger partial charge in [-0.25, -0.2) is 0 Å². The van der Waals surface area contributed by atoms with Gasteiger partial charge in [-0.1, -0.05) is 6.92 Å². The summed E-state index contributed by atoms with van der Waals surface area (Å²) in [6.07, 6.45) is 2.76. The maximum Gasteiger partial charge on any atom is 0.276 e. The molecule has 2 aromatic rings. The lowest BCUT2D eigenvalue weighted by molar-refractivity contribution is -0.114. The molecule has 0 radical (unpaired) electrons. The SMILES string of the molecule is CCCn1ccc(C(=O)Nc2ccc(NC(C)=O)cc2)n1. The Hall–Kier alpha value is -2.63. The first-order valence-corrected chi connectivity index (χ1v) is 6.81. The summed E-state index contributed by atoms with van der Waals surface area (Å²) in [4.78, 5) is 23.0. The minimum absolute atomic E-state index is 0.131. The fourth-order valence-electron chi connectivity index (χ4n) is 1.87. The van der Waals surface area contributed by atoms with Crippen LogP contribution in [0.5, 0.6) is 0 Å². The Bertz CT molecular complexity index is 631. The van der Waals surface area contributed by atoms with Gasteiger partial charge < -0.3 is 10.6 Å². The van der Waals surface area contributed by atoms with Crippen molar-refractivity contribution in [3.63, 3.8) is 0 Å². The number of rotatable bonds is 5. The summed E-state index contributed by atoms with van der Waals surface area (Å²) < 4.78 is 1.74. The molecule has 0 bridgehead atoms. The highest BCUT2D eigenvalue weighted by atomic mass is 16.2. The van der Waals surface area contributed by atoms with Crippen molar-refractivity contribution in [2.75, 3.05) is 10.6 Å². The number of nitrogens with one attached hydrogen (secondary N) is 2. The van der Waals surface area contributed by atoms with Crippen molar-refractivity contribution in [2.45, 2.75) is 26.8 Å². The van der Waals surface area contributed by atoms with Gasteiger partial charge in [0.1, 0.15) is 0 Å². The third-order valence-corrected chi connectivity index (χ3v) is 2.79. The van der Waals surface area contributed by atoms with Crippen LogP contribution in [0.15, 0.2) is 36.5 Å². The van der Waals surface area contributed by atoms with E-state index < -0.39 is 0 Å². The van der Waals surface area contributed by atoms with Gasteiger partial charge in [0.15, 0.2) is 5.69 Å². The predicted molar refractivity (Wildman–Crippen MR) is 81.2 cm³/mol. The van der Waals surface area contributed by atoms with Gasteiger partial charge in [0.25, 0.3) is 5.91 Å². The van der Waals surface area contributed by atoms with E-state index in [2.05, 4.69) is 22.7 Å². The lowest BCUT2D eigenvalue weighted by Crippen LogP contribution is -2.13. The van der Waals surface area contributed by atoms with E-state index in [1.54, 1.807) is 41.2 Å². The second-order valence-corrected chi connectivity index (χ2v) is 4.68. The van der Waals surface area contributed by atoms with Crippen LogP contribution in [-0.4, -0.2) is 21.6 Å². The minimum atomic E-state index is -0.253. The summed E-state index contributed by atoms with van der Waals surface area (Å²) in [7, 11) is 0. The molecule has 6 nitrogen and oxygen atoms in total. The first-order chi connectivity index (χ1) is 10.1. The molecule has 0 saturated carbocycles. The van der Waals surface area contributed by atoms with Gasteiger partial charge in [0.2, 0.25) is 5.91 Å². The van der Waals surface area contributed by atoms with Crippen LogP contribution in [-0.2, 0) is 11.3 Å². The van der Waals surface area contributed by atoms with Crippen LogP contribution < -0.4 is 10.6 Å². The average molecular weight is 286 g/mol. The predicted octanol–water partition coefficient (Wildman–Crippen LogP) is 2.50. The number of aromatic nitrogens is 2. The fourth-order valence-corrected chi connectivity index (χ4v) is 1.87. The average Bonchev–Trinajstić information content (AvgIpc) is 2.89. The molecule has 0 saturated heterocycles. The number of anilines is 2. The summed E-state index contributed by atoms with van der Waals surface area (Å²) in [6.45, 7) is 4.29. The highest BCUT2D eigenvalue weighted by Crippen LogP contribution is 2.14. The number of carbonyl (C=O) groups is 2. The largest absolute Gasteiger partial charge is 0.326 e. The Kier molecular flexibility index (Phi) is 4.71. The molecule has 2 N–H and O–H groups in total. The zero-order valence-electron chi connectivity index (χ0n) is 12.1. The lowest BCUT2D eigenvalue weighted by atomic mass is 10.2. The highest BCUT2D eigenvalue weighted by molar-refractivity contribution is 6.02. The Morgan fingerprint density at radius 2 is 1.71 bits per heavy atom. The van der Waals surface area contributed by atoms with Crippen LogP contribution in [0.2, 0.25) is 0 Å². The van der Waals surface area contributed by atoms with E-state index >= 15 is 0 Å². The maximum absolute atomic E-state index is 12.0. The molecule has 2 rings (SSSR count). The Labute approximate surface area is 123 Å². The molecule has 1 aromatic heterocycles. The number of aryl methyl sites for hydroxylation is 1. The van der Waals surface area contributed by atoms with E-state index in [4.69, 9.17) is 0 Å². The van der Waals surface area contributed by atoms with Crippen LogP contribution in [0.25, 0.3) is 0 Å². The van der Waals surface area contributed by atoms with Crippen LogP contribution in [0.1, 0.15) is 30.8 Å². The van der Waals surface area contributed by atoms with Gasteiger partial charge in [0.05, 0.1) is 0 Å². The number of benzene rings is 1. The van der Waals surface area contributed by atoms with E-state index in [0.29, 0.717) is 17.1 Å². The zero-order valence-corrected chi connectivity index (χ0v) is 12.1. The number of nitrogens with zero attached hydrogens (tertiary/aromatic N) is 2. The lowest BCUT2D eigenvalue weighted by Gasteiger charge is -2.05. The minimum Gasteiger partial charge on any atom is -0.326 e. The molecule has 110 valence electrons. The Balaban J connectivity index is 1.99. The van der Waals surface area contributed by atoms with Gasteiger partial charge in [0, 0.05) is 31.0 Å². The number of carbonyl (C=O) groups excluding carboxylic acids is 2. The summed E-state index contributed by atoms with van der Waals surface area (Å²) in [5, 5.41) is 9.63. The van der Waals surface area contributed by atoms with Crippen molar-refractivity contribution in [1.82, 2.24) is 9.78 Å². The summed E-state index contributed by atoms with van der Waals surface area (Å²) in [6, 6.07) is 8.61. The molecule has 0 aliphatic carbocycles. The van der Waals surface area contributed by atoms with Crippen molar-refractivity contribution in [3.05, 3.63) is 42.2 Å². The van der Waals surface area contributed by atoms with Gasteiger partial charge >= 0.3 is 0 Å². The van der Waals surface area contributed by atoms with E-state index in [1.165, 1.54) is 6.92 Å². The molecular weight excluding hydrogens is 268 g/mol. The highest BCUT2D eigenvalue weighted by Gasteiger charge is 2.09. The van der Waals surface area contributed by atoms with Gasteiger partial charge in [-0.2, -0.15) is 5.10 Å². The molecule has 6 heteroatoms. The standard InChI is InChI=1S/C15H18N4O2/c1-3-9-19-10-8-14(18-19)15(21)17-13-6-4-12(5-7-13)16-11(2)20/h4-8,10H,3,9H2,1-2H3,(H,16,20)(H,17,21). The molecule has 0 atom stereocenters. The van der Waals surface area contributed by atoms with Crippen molar-refractivity contribution >= 4 is 23.2 Å². The van der Waals surface area contributed by atoms with E-state index in [1.807, 2.05) is 0 Å². The summed E-state index contributed by atoms with van der Waals surface area (Å²) in [5.74, 6) is -0.384.